The third-order valence-electron chi connectivity index (χ3n) is 4.11. The molecule has 1 amide bonds. The number of halogens is 1. The summed E-state index contributed by atoms with van der Waals surface area (Å²) in [7, 11) is 1.33. The van der Waals surface area contributed by atoms with Crippen LogP contribution in [0.15, 0.2) is 48.5 Å². The van der Waals surface area contributed by atoms with Crippen LogP contribution in [0.1, 0.15) is 23.6 Å². The Hall–Kier alpha value is -2.53. The average molecular weight is 360 g/mol. The van der Waals surface area contributed by atoms with E-state index in [0.29, 0.717) is 17.2 Å². The van der Waals surface area contributed by atoms with Gasteiger partial charge in [-0.25, -0.2) is 0 Å². The van der Waals surface area contributed by atoms with Gasteiger partial charge in [-0.05, 0) is 29.3 Å². The summed E-state index contributed by atoms with van der Waals surface area (Å²) < 4.78 is 10.4. The fraction of sp³-hybridized carbons (Fsp3) is 0.263. The Kier molecular flexibility index (Phi) is 5.24. The minimum absolute atomic E-state index is 0.0533. The summed E-state index contributed by atoms with van der Waals surface area (Å²) in [6.45, 7) is 0. The van der Waals surface area contributed by atoms with Crippen molar-refractivity contribution >= 4 is 23.5 Å². The van der Waals surface area contributed by atoms with Crippen molar-refractivity contribution in [3.63, 3.8) is 0 Å². The van der Waals surface area contributed by atoms with Crippen LogP contribution in [0.3, 0.4) is 0 Å². The molecule has 1 N–H and O–H groups in total. The fourth-order valence-electron chi connectivity index (χ4n) is 2.82. The zero-order chi connectivity index (χ0) is 17.8. The Labute approximate surface area is 150 Å². The van der Waals surface area contributed by atoms with Gasteiger partial charge in [-0.1, -0.05) is 41.9 Å². The van der Waals surface area contributed by atoms with Crippen molar-refractivity contribution in [3.05, 3.63) is 64.7 Å². The van der Waals surface area contributed by atoms with Gasteiger partial charge in [0.25, 0.3) is 5.91 Å². The maximum absolute atomic E-state index is 12.6. The van der Waals surface area contributed by atoms with Crippen LogP contribution in [0.2, 0.25) is 5.02 Å². The highest BCUT2D eigenvalue weighted by Gasteiger charge is 2.31. The number of esters is 1. The fourth-order valence-corrected chi connectivity index (χ4v) is 3.01. The van der Waals surface area contributed by atoms with Gasteiger partial charge in [0.1, 0.15) is 5.75 Å². The van der Waals surface area contributed by atoms with Crippen molar-refractivity contribution in [3.8, 4) is 5.75 Å². The van der Waals surface area contributed by atoms with E-state index in [4.69, 9.17) is 21.1 Å². The van der Waals surface area contributed by atoms with Crippen LogP contribution >= 0.6 is 11.6 Å². The molecule has 0 fully saturated rings. The molecule has 0 saturated heterocycles. The minimum Gasteiger partial charge on any atom is -0.480 e. The van der Waals surface area contributed by atoms with E-state index in [9.17, 15) is 9.59 Å². The summed E-state index contributed by atoms with van der Waals surface area (Å²) in [5.41, 5.74) is 1.73. The normalized spacial score (nSPS) is 16.5. The lowest BCUT2D eigenvalue weighted by Crippen LogP contribution is -2.40. The van der Waals surface area contributed by atoms with E-state index in [-0.39, 0.29) is 12.3 Å². The van der Waals surface area contributed by atoms with Crippen molar-refractivity contribution in [2.24, 2.45) is 0 Å². The van der Waals surface area contributed by atoms with Crippen molar-refractivity contribution in [2.75, 3.05) is 7.11 Å². The number of carbonyl (C=O) groups is 2. The van der Waals surface area contributed by atoms with Gasteiger partial charge in [-0.15, -0.1) is 0 Å². The number of methoxy groups -OCH3 is 1. The molecule has 2 aromatic carbocycles. The molecule has 3 rings (SSSR count). The lowest BCUT2D eigenvalue weighted by molar-refractivity contribution is -0.141. The summed E-state index contributed by atoms with van der Waals surface area (Å²) in [6, 6.07) is 14.1. The molecule has 6 heteroatoms. The molecule has 2 atom stereocenters. The van der Waals surface area contributed by atoms with E-state index in [2.05, 4.69) is 5.32 Å². The van der Waals surface area contributed by atoms with E-state index in [1.807, 2.05) is 30.3 Å². The molecule has 0 aromatic heterocycles. The predicted molar refractivity (Wildman–Crippen MR) is 93.5 cm³/mol. The highest BCUT2D eigenvalue weighted by molar-refractivity contribution is 6.30. The van der Waals surface area contributed by atoms with Gasteiger partial charge in [0.05, 0.1) is 19.6 Å². The first-order valence-corrected chi connectivity index (χ1v) is 8.32. The molecule has 0 spiro atoms. The number of carbonyl (C=O) groups excluding carboxylic acids is 2. The Morgan fingerprint density at radius 2 is 2.04 bits per heavy atom. The Morgan fingerprint density at radius 3 is 2.76 bits per heavy atom. The van der Waals surface area contributed by atoms with E-state index >= 15 is 0 Å². The quantitative estimate of drug-likeness (QED) is 0.833. The van der Waals surface area contributed by atoms with Crippen LogP contribution in [-0.2, 0) is 20.7 Å². The Balaban J connectivity index is 1.72. The number of fused-ring (bicyclic) bond motifs is 1. The monoisotopic (exact) mass is 359 g/mol. The zero-order valence-corrected chi connectivity index (χ0v) is 14.5. The molecular weight excluding hydrogens is 342 g/mol. The summed E-state index contributed by atoms with van der Waals surface area (Å²) >= 11 is 5.98. The van der Waals surface area contributed by atoms with Crippen LogP contribution in [0, 0.1) is 0 Å². The molecule has 0 aliphatic carbocycles. The van der Waals surface area contributed by atoms with Crippen LogP contribution in [0.5, 0.6) is 5.75 Å². The predicted octanol–water partition coefficient (Wildman–Crippen LogP) is 3.06. The maximum atomic E-state index is 12.6. The van der Waals surface area contributed by atoms with Crippen molar-refractivity contribution < 1.29 is 19.1 Å². The smallest absolute Gasteiger partial charge is 0.307 e. The first-order valence-electron chi connectivity index (χ1n) is 7.94. The summed E-state index contributed by atoms with van der Waals surface area (Å²) in [4.78, 5) is 24.3. The molecule has 1 aliphatic heterocycles. The topological polar surface area (TPSA) is 64.6 Å². The van der Waals surface area contributed by atoms with Crippen LogP contribution < -0.4 is 10.1 Å². The van der Waals surface area contributed by atoms with Crippen LogP contribution in [0.4, 0.5) is 0 Å². The molecule has 1 aliphatic rings. The Morgan fingerprint density at radius 1 is 1.28 bits per heavy atom. The first-order chi connectivity index (χ1) is 12.1. The molecule has 2 aromatic rings. The van der Waals surface area contributed by atoms with Crippen molar-refractivity contribution in [1.29, 1.82) is 0 Å². The van der Waals surface area contributed by atoms with Crippen molar-refractivity contribution in [1.82, 2.24) is 5.32 Å². The summed E-state index contributed by atoms with van der Waals surface area (Å²) in [6.07, 6.45) is -0.142. The Bertz CT molecular complexity index is 778. The van der Waals surface area contributed by atoms with Gasteiger partial charge in [0.2, 0.25) is 0 Å². The van der Waals surface area contributed by atoms with Gasteiger partial charge in [-0.2, -0.15) is 0 Å². The molecule has 0 saturated carbocycles. The highest BCUT2D eigenvalue weighted by atomic mass is 35.5. The van der Waals surface area contributed by atoms with E-state index in [1.54, 1.807) is 18.2 Å². The third kappa shape index (κ3) is 4.12. The van der Waals surface area contributed by atoms with Crippen LogP contribution in [-0.4, -0.2) is 25.1 Å². The van der Waals surface area contributed by atoms with E-state index in [0.717, 1.165) is 11.1 Å². The standard InChI is InChI=1S/C19H18ClNO4/c1-24-18(22)11-15(12-5-3-2-4-6-12)21-19(23)17-10-13-9-14(20)7-8-16(13)25-17/h2-9,15,17H,10-11H2,1H3,(H,21,23)/t15-,17+/m1/s1. The zero-order valence-electron chi connectivity index (χ0n) is 13.7. The number of ether oxygens (including phenoxy) is 2. The third-order valence-corrected chi connectivity index (χ3v) is 4.34. The van der Waals surface area contributed by atoms with Crippen molar-refractivity contribution in [2.45, 2.75) is 25.0 Å². The SMILES string of the molecule is COC(=O)C[C@@H](NC(=O)[C@@H]1Cc2cc(Cl)ccc2O1)c1ccccc1. The minimum atomic E-state index is -0.641. The van der Waals surface area contributed by atoms with Gasteiger partial charge in [-0.3, -0.25) is 9.59 Å². The van der Waals surface area contributed by atoms with Gasteiger partial charge < -0.3 is 14.8 Å². The maximum Gasteiger partial charge on any atom is 0.307 e. The van der Waals surface area contributed by atoms with E-state index in [1.165, 1.54) is 7.11 Å². The largest absolute Gasteiger partial charge is 0.480 e. The molecule has 25 heavy (non-hydrogen) atoms. The second-order valence-electron chi connectivity index (χ2n) is 5.81. The molecule has 0 unspecified atom stereocenters. The van der Waals surface area contributed by atoms with E-state index < -0.39 is 18.1 Å². The molecule has 0 bridgehead atoms. The summed E-state index contributed by atoms with van der Waals surface area (Å²) in [5, 5.41) is 3.50. The van der Waals surface area contributed by atoms with Gasteiger partial charge in [0.15, 0.2) is 6.10 Å². The number of hydrogen-bond donors (Lipinski definition) is 1. The second-order valence-corrected chi connectivity index (χ2v) is 6.25. The van der Waals surface area contributed by atoms with Crippen LogP contribution in [0.25, 0.3) is 0 Å². The molecule has 1 heterocycles. The first kappa shape index (κ1) is 17.3. The number of rotatable bonds is 5. The number of benzene rings is 2. The number of hydrogen-bond acceptors (Lipinski definition) is 4. The highest BCUT2D eigenvalue weighted by Crippen LogP contribution is 2.31. The van der Waals surface area contributed by atoms with Gasteiger partial charge in [0, 0.05) is 11.4 Å². The molecule has 0 radical (unpaired) electrons. The number of nitrogens with one attached hydrogen (secondary N) is 1. The van der Waals surface area contributed by atoms with Gasteiger partial charge >= 0.3 is 5.97 Å². The second kappa shape index (κ2) is 7.57. The average Bonchev–Trinajstić information content (AvgIpc) is 3.05. The molecule has 5 nitrogen and oxygen atoms in total. The molecule has 130 valence electrons. The lowest BCUT2D eigenvalue weighted by Gasteiger charge is -2.20. The number of amides is 1. The lowest BCUT2D eigenvalue weighted by atomic mass is 10.0. The molecular formula is C19H18ClNO4. The summed E-state index contributed by atoms with van der Waals surface area (Å²) in [5.74, 6) is -0.00424.